The van der Waals surface area contributed by atoms with E-state index in [4.69, 9.17) is 5.73 Å². The Morgan fingerprint density at radius 2 is 1.56 bits per heavy atom. The molecule has 3 atom stereocenters. The van der Waals surface area contributed by atoms with Crippen molar-refractivity contribution in [2.75, 3.05) is 0 Å². The van der Waals surface area contributed by atoms with Gasteiger partial charge in [-0.3, -0.25) is 0 Å². The molecule has 0 aromatic carbocycles. The highest BCUT2D eigenvalue weighted by atomic mass is 14.8. The second kappa shape index (κ2) is 3.34. The summed E-state index contributed by atoms with van der Waals surface area (Å²) in [4.78, 5) is 0. The molecule has 1 heteroatoms. The molecule has 0 heterocycles. The topological polar surface area (TPSA) is 26.0 Å². The summed E-state index contributed by atoms with van der Waals surface area (Å²) in [5.41, 5.74) is 8.60. The average Bonchev–Trinajstić information content (AvgIpc) is 2.07. The summed E-state index contributed by atoms with van der Waals surface area (Å²) in [6.45, 7) is 5.13. The third-order valence-electron chi connectivity index (χ3n) is 7.03. The third kappa shape index (κ3) is 1.49. The van der Waals surface area contributed by atoms with Crippen molar-refractivity contribution in [3.05, 3.63) is 0 Å². The lowest BCUT2D eigenvalue weighted by molar-refractivity contribution is -0.162. The van der Waals surface area contributed by atoms with Gasteiger partial charge in [0.15, 0.2) is 0 Å². The van der Waals surface area contributed by atoms with Gasteiger partial charge in [-0.25, -0.2) is 0 Å². The molecular weight excluding hydrogens is 218 g/mol. The first-order valence-electron chi connectivity index (χ1n) is 8.18. The monoisotopic (exact) mass is 247 g/mol. The van der Waals surface area contributed by atoms with E-state index < -0.39 is 0 Å². The van der Waals surface area contributed by atoms with Crippen molar-refractivity contribution in [1.82, 2.24) is 0 Å². The van der Waals surface area contributed by atoms with Crippen LogP contribution in [0, 0.1) is 28.1 Å². The molecule has 18 heavy (non-hydrogen) atoms. The molecule has 0 aliphatic heterocycles. The molecule has 1 nitrogen and oxygen atoms in total. The van der Waals surface area contributed by atoms with E-state index in [-0.39, 0.29) is 0 Å². The zero-order chi connectivity index (χ0) is 12.6. The fourth-order valence-electron chi connectivity index (χ4n) is 7.21. The Bertz CT molecular complexity index is 352. The van der Waals surface area contributed by atoms with Gasteiger partial charge in [-0.2, -0.15) is 0 Å². The van der Waals surface area contributed by atoms with Crippen LogP contribution in [0.1, 0.15) is 71.6 Å². The van der Waals surface area contributed by atoms with Crippen LogP contribution in [0.3, 0.4) is 0 Å². The maximum absolute atomic E-state index is 6.80. The predicted molar refractivity (Wildman–Crippen MR) is 75.2 cm³/mol. The second-order valence-electron chi connectivity index (χ2n) is 9.21. The molecule has 0 spiro atoms. The summed E-state index contributed by atoms with van der Waals surface area (Å²) in [5.74, 6) is 1.87. The first-order chi connectivity index (χ1) is 8.42. The van der Waals surface area contributed by atoms with Gasteiger partial charge in [0.25, 0.3) is 0 Å². The maximum Gasteiger partial charge on any atom is 0.0124 e. The van der Waals surface area contributed by atoms with Crippen molar-refractivity contribution in [3.63, 3.8) is 0 Å². The Kier molecular flexibility index (Phi) is 2.18. The van der Waals surface area contributed by atoms with Crippen LogP contribution in [0.5, 0.6) is 0 Å². The fourth-order valence-corrected chi connectivity index (χ4v) is 7.21. The molecule has 102 valence electrons. The molecule has 0 aromatic heterocycles. The molecule has 2 N–H and O–H groups in total. The minimum Gasteiger partial charge on any atom is -0.327 e. The van der Waals surface area contributed by atoms with Crippen molar-refractivity contribution in [3.8, 4) is 0 Å². The lowest BCUT2D eigenvalue weighted by atomic mass is 9.38. The Labute approximate surface area is 112 Å². The SMILES string of the molecule is CC12CC3CC(C)(C1)CC(C(N)C1CCC1)(C3)C2. The van der Waals surface area contributed by atoms with Gasteiger partial charge >= 0.3 is 0 Å². The van der Waals surface area contributed by atoms with Crippen molar-refractivity contribution >= 4 is 0 Å². The summed E-state index contributed by atoms with van der Waals surface area (Å²) in [5, 5.41) is 0. The van der Waals surface area contributed by atoms with Gasteiger partial charge in [0, 0.05) is 6.04 Å². The van der Waals surface area contributed by atoms with Gasteiger partial charge < -0.3 is 5.73 Å². The lowest BCUT2D eigenvalue weighted by Crippen LogP contribution is -2.62. The minimum absolute atomic E-state index is 0.522. The van der Waals surface area contributed by atoms with Crippen LogP contribution >= 0.6 is 0 Å². The minimum atomic E-state index is 0.522. The molecule has 5 aliphatic carbocycles. The molecule has 0 radical (unpaired) electrons. The largest absolute Gasteiger partial charge is 0.327 e. The van der Waals surface area contributed by atoms with E-state index in [0.29, 0.717) is 22.3 Å². The zero-order valence-electron chi connectivity index (χ0n) is 12.2. The summed E-state index contributed by atoms with van der Waals surface area (Å²) in [7, 11) is 0. The molecular formula is C17H29N. The summed E-state index contributed by atoms with van der Waals surface area (Å²) < 4.78 is 0. The third-order valence-corrected chi connectivity index (χ3v) is 7.03. The van der Waals surface area contributed by atoms with Crippen LogP contribution < -0.4 is 5.73 Å². The van der Waals surface area contributed by atoms with E-state index in [1.165, 1.54) is 57.8 Å². The summed E-state index contributed by atoms with van der Waals surface area (Å²) >= 11 is 0. The Hall–Kier alpha value is -0.0400. The molecule has 0 aromatic rings. The van der Waals surface area contributed by atoms with Gasteiger partial charge in [0.2, 0.25) is 0 Å². The summed E-state index contributed by atoms with van der Waals surface area (Å²) in [6, 6.07) is 0.522. The average molecular weight is 247 g/mol. The highest BCUT2D eigenvalue weighted by molar-refractivity contribution is 5.14. The van der Waals surface area contributed by atoms with E-state index >= 15 is 0 Å². The normalized spacial score (nSPS) is 56.5. The smallest absolute Gasteiger partial charge is 0.0124 e. The first kappa shape index (κ1) is 11.8. The lowest BCUT2D eigenvalue weighted by Gasteiger charge is -2.68. The van der Waals surface area contributed by atoms with Crippen molar-refractivity contribution < 1.29 is 0 Å². The molecule has 3 unspecified atom stereocenters. The number of hydrogen-bond acceptors (Lipinski definition) is 1. The summed E-state index contributed by atoms with van der Waals surface area (Å²) in [6.07, 6.45) is 13.1. The van der Waals surface area contributed by atoms with Crippen LogP contribution in [0.25, 0.3) is 0 Å². The Balaban J connectivity index is 1.68. The number of nitrogens with two attached hydrogens (primary N) is 1. The van der Waals surface area contributed by atoms with Crippen molar-refractivity contribution in [2.45, 2.75) is 77.7 Å². The first-order valence-corrected chi connectivity index (χ1v) is 8.18. The van der Waals surface area contributed by atoms with Crippen LogP contribution in [0.15, 0.2) is 0 Å². The fraction of sp³-hybridized carbons (Fsp3) is 1.00. The van der Waals surface area contributed by atoms with E-state index in [1.807, 2.05) is 0 Å². The van der Waals surface area contributed by atoms with Crippen molar-refractivity contribution in [1.29, 1.82) is 0 Å². The molecule has 0 saturated heterocycles. The highest BCUT2D eigenvalue weighted by Gasteiger charge is 2.62. The zero-order valence-corrected chi connectivity index (χ0v) is 12.2. The molecule has 4 bridgehead atoms. The van der Waals surface area contributed by atoms with E-state index in [2.05, 4.69) is 13.8 Å². The maximum atomic E-state index is 6.80. The number of rotatable bonds is 2. The van der Waals surface area contributed by atoms with Crippen LogP contribution in [-0.2, 0) is 0 Å². The van der Waals surface area contributed by atoms with Crippen LogP contribution in [-0.4, -0.2) is 6.04 Å². The standard InChI is InChI=1S/C17H29N/c1-15-6-12-7-16(2,9-15)11-17(8-12,10-15)14(18)13-4-3-5-13/h12-14H,3-11,18H2,1-2H3. The van der Waals surface area contributed by atoms with Gasteiger partial charge in [-0.15, -0.1) is 0 Å². The molecule has 5 fully saturated rings. The second-order valence-corrected chi connectivity index (χ2v) is 9.21. The Morgan fingerprint density at radius 3 is 2.00 bits per heavy atom. The van der Waals surface area contributed by atoms with E-state index in [9.17, 15) is 0 Å². The molecule has 0 amide bonds. The van der Waals surface area contributed by atoms with Crippen LogP contribution in [0.2, 0.25) is 0 Å². The van der Waals surface area contributed by atoms with Crippen LogP contribution in [0.4, 0.5) is 0 Å². The van der Waals surface area contributed by atoms with Gasteiger partial charge in [0.1, 0.15) is 0 Å². The quantitative estimate of drug-likeness (QED) is 0.781. The van der Waals surface area contributed by atoms with E-state index in [0.717, 1.165) is 11.8 Å². The Morgan fingerprint density at radius 1 is 0.944 bits per heavy atom. The molecule has 5 aliphatic rings. The van der Waals surface area contributed by atoms with Gasteiger partial charge in [0.05, 0.1) is 0 Å². The van der Waals surface area contributed by atoms with E-state index in [1.54, 1.807) is 0 Å². The molecule has 5 saturated carbocycles. The predicted octanol–water partition coefficient (Wildman–Crippen LogP) is 4.11. The van der Waals surface area contributed by atoms with Gasteiger partial charge in [-0.1, -0.05) is 20.3 Å². The van der Waals surface area contributed by atoms with Crippen molar-refractivity contribution in [2.24, 2.45) is 33.8 Å². The molecule has 5 rings (SSSR count). The number of hydrogen-bond donors (Lipinski definition) is 1. The van der Waals surface area contributed by atoms with Gasteiger partial charge in [-0.05, 0) is 79.4 Å². The highest BCUT2D eigenvalue weighted by Crippen LogP contribution is 2.71.